The van der Waals surface area contributed by atoms with Crippen molar-refractivity contribution in [3.8, 4) is 11.1 Å². The van der Waals surface area contributed by atoms with Crippen LogP contribution in [0.5, 0.6) is 0 Å². The number of fused-ring (bicyclic) bond motifs is 1. The van der Waals surface area contributed by atoms with Gasteiger partial charge >= 0.3 is 0 Å². The number of nitrogens with zero attached hydrogens (tertiary/aromatic N) is 1. The first-order valence-corrected chi connectivity index (χ1v) is 7.08. The van der Waals surface area contributed by atoms with E-state index in [0.717, 1.165) is 23.5 Å². The summed E-state index contributed by atoms with van der Waals surface area (Å²) in [6.07, 6.45) is 2.84. The van der Waals surface area contributed by atoms with Crippen molar-refractivity contribution in [2.45, 2.75) is 27.2 Å². The number of rotatable bonds is 3. The van der Waals surface area contributed by atoms with Crippen molar-refractivity contribution in [2.75, 3.05) is 0 Å². The first-order valence-electron chi connectivity index (χ1n) is 7.08. The summed E-state index contributed by atoms with van der Waals surface area (Å²) in [6.45, 7) is 6.43. The van der Waals surface area contributed by atoms with Gasteiger partial charge in [-0.1, -0.05) is 26.0 Å². The zero-order valence-electron chi connectivity index (χ0n) is 12.2. The molecule has 0 aliphatic rings. The van der Waals surface area contributed by atoms with Crippen LogP contribution < -0.4 is 0 Å². The van der Waals surface area contributed by atoms with Crippen LogP contribution in [0.1, 0.15) is 25.3 Å². The van der Waals surface area contributed by atoms with Crippen LogP contribution in [-0.4, -0.2) is 4.98 Å². The second-order valence-corrected chi connectivity index (χ2v) is 5.71. The molecule has 0 bridgehead atoms. The second kappa shape index (κ2) is 5.12. The van der Waals surface area contributed by atoms with Crippen molar-refractivity contribution < 1.29 is 4.42 Å². The van der Waals surface area contributed by atoms with Crippen LogP contribution in [0.15, 0.2) is 47.0 Å². The molecule has 0 fully saturated rings. The van der Waals surface area contributed by atoms with E-state index in [1.165, 1.54) is 16.5 Å². The lowest BCUT2D eigenvalue weighted by Crippen LogP contribution is -1.90. The normalized spacial score (nSPS) is 11.4. The summed E-state index contributed by atoms with van der Waals surface area (Å²) < 4.78 is 5.96. The Bertz CT molecular complexity index is 740. The molecular formula is C18H19NO. The van der Waals surface area contributed by atoms with Gasteiger partial charge in [0, 0.05) is 23.7 Å². The summed E-state index contributed by atoms with van der Waals surface area (Å²) in [4.78, 5) is 4.27. The maximum absolute atomic E-state index is 5.96. The van der Waals surface area contributed by atoms with Crippen molar-refractivity contribution in [1.29, 1.82) is 0 Å². The Morgan fingerprint density at radius 2 is 2.00 bits per heavy atom. The monoisotopic (exact) mass is 265 g/mol. The van der Waals surface area contributed by atoms with Crippen LogP contribution in [0, 0.1) is 12.8 Å². The van der Waals surface area contributed by atoms with Crippen molar-refractivity contribution in [1.82, 2.24) is 4.98 Å². The van der Waals surface area contributed by atoms with Crippen molar-refractivity contribution in [2.24, 2.45) is 5.92 Å². The van der Waals surface area contributed by atoms with Crippen molar-refractivity contribution >= 4 is 11.0 Å². The Morgan fingerprint density at radius 1 is 1.15 bits per heavy atom. The molecule has 2 nitrogen and oxygen atoms in total. The molecule has 0 spiro atoms. The molecule has 0 saturated heterocycles. The van der Waals surface area contributed by atoms with Gasteiger partial charge in [-0.2, -0.15) is 0 Å². The fourth-order valence-electron chi connectivity index (χ4n) is 2.58. The van der Waals surface area contributed by atoms with Gasteiger partial charge in [-0.25, -0.2) is 0 Å². The number of aryl methyl sites for hydroxylation is 1. The minimum atomic E-state index is 0.599. The molecule has 2 heterocycles. The highest BCUT2D eigenvalue weighted by Gasteiger charge is 2.10. The number of pyridine rings is 1. The predicted molar refractivity (Wildman–Crippen MR) is 82.7 cm³/mol. The lowest BCUT2D eigenvalue weighted by Gasteiger charge is -2.03. The number of furan rings is 1. The predicted octanol–water partition coefficient (Wildman–Crippen LogP) is 5.00. The third kappa shape index (κ3) is 2.46. The number of hydrogen-bond donors (Lipinski definition) is 0. The highest BCUT2D eigenvalue weighted by Crippen LogP contribution is 2.31. The third-order valence-electron chi connectivity index (χ3n) is 3.43. The molecule has 0 aliphatic heterocycles. The van der Waals surface area contributed by atoms with Crippen molar-refractivity contribution in [3.63, 3.8) is 0 Å². The summed E-state index contributed by atoms with van der Waals surface area (Å²) in [5, 5.41) is 1.19. The smallest absolute Gasteiger partial charge is 0.134 e. The largest absolute Gasteiger partial charge is 0.461 e. The summed E-state index contributed by atoms with van der Waals surface area (Å²) in [6, 6.07) is 12.6. The van der Waals surface area contributed by atoms with Gasteiger partial charge in [0.15, 0.2) is 0 Å². The van der Waals surface area contributed by atoms with Crippen molar-refractivity contribution in [3.05, 3.63) is 54.0 Å². The molecule has 0 amide bonds. The van der Waals surface area contributed by atoms with Gasteiger partial charge in [0.05, 0.1) is 0 Å². The molecule has 0 N–H and O–H groups in total. The van der Waals surface area contributed by atoms with E-state index >= 15 is 0 Å². The SMILES string of the molecule is Cc1cc(-c2cccc3oc(CC(C)C)cc23)ccn1. The van der Waals surface area contributed by atoms with E-state index in [0.29, 0.717) is 5.92 Å². The summed E-state index contributed by atoms with van der Waals surface area (Å²) in [7, 11) is 0. The van der Waals surface area contributed by atoms with Gasteiger partial charge in [-0.05, 0) is 48.2 Å². The maximum atomic E-state index is 5.96. The molecule has 0 saturated carbocycles. The van der Waals surface area contributed by atoms with E-state index in [1.807, 2.05) is 19.2 Å². The first-order chi connectivity index (χ1) is 9.63. The zero-order valence-corrected chi connectivity index (χ0v) is 12.2. The van der Waals surface area contributed by atoms with Gasteiger partial charge in [-0.15, -0.1) is 0 Å². The highest BCUT2D eigenvalue weighted by atomic mass is 16.3. The van der Waals surface area contributed by atoms with E-state index in [9.17, 15) is 0 Å². The van der Waals surface area contributed by atoms with Crippen LogP contribution >= 0.6 is 0 Å². The summed E-state index contributed by atoms with van der Waals surface area (Å²) >= 11 is 0. The number of hydrogen-bond acceptors (Lipinski definition) is 2. The molecule has 2 heteroatoms. The lowest BCUT2D eigenvalue weighted by molar-refractivity contribution is 0.500. The van der Waals surface area contributed by atoms with Crippen LogP contribution in [0.2, 0.25) is 0 Å². The Hall–Kier alpha value is -2.09. The zero-order chi connectivity index (χ0) is 14.1. The fraction of sp³-hybridized carbons (Fsp3) is 0.278. The average Bonchev–Trinajstić information content (AvgIpc) is 2.79. The standard InChI is InChI=1S/C18H19NO/c1-12(2)9-15-11-17-16(5-4-6-18(17)20-15)14-7-8-19-13(3)10-14/h4-8,10-12H,9H2,1-3H3. The summed E-state index contributed by atoms with van der Waals surface area (Å²) in [5.74, 6) is 1.66. The van der Waals surface area contributed by atoms with Gasteiger partial charge < -0.3 is 4.42 Å². The first kappa shape index (κ1) is 12.9. The molecule has 0 radical (unpaired) electrons. The Kier molecular flexibility index (Phi) is 3.31. The lowest BCUT2D eigenvalue weighted by atomic mass is 10.0. The molecule has 2 aromatic heterocycles. The van der Waals surface area contributed by atoms with Gasteiger partial charge in [0.2, 0.25) is 0 Å². The average molecular weight is 265 g/mol. The van der Waals surface area contributed by atoms with E-state index in [-0.39, 0.29) is 0 Å². The number of aromatic nitrogens is 1. The van der Waals surface area contributed by atoms with Gasteiger partial charge in [0.1, 0.15) is 11.3 Å². The quantitative estimate of drug-likeness (QED) is 0.666. The highest BCUT2D eigenvalue weighted by molar-refractivity contribution is 5.94. The molecule has 102 valence electrons. The van der Waals surface area contributed by atoms with Crippen LogP contribution in [0.3, 0.4) is 0 Å². The summed E-state index contributed by atoms with van der Waals surface area (Å²) in [5.41, 5.74) is 4.41. The van der Waals surface area contributed by atoms with Gasteiger partial charge in [0.25, 0.3) is 0 Å². The van der Waals surface area contributed by atoms with Gasteiger partial charge in [-0.3, -0.25) is 4.98 Å². The van der Waals surface area contributed by atoms with E-state index in [1.54, 1.807) is 0 Å². The molecular weight excluding hydrogens is 246 g/mol. The Morgan fingerprint density at radius 3 is 2.75 bits per heavy atom. The Balaban J connectivity index is 2.13. The molecule has 0 aliphatic carbocycles. The number of benzene rings is 1. The topological polar surface area (TPSA) is 26.0 Å². The minimum absolute atomic E-state index is 0.599. The second-order valence-electron chi connectivity index (χ2n) is 5.71. The van der Waals surface area contributed by atoms with E-state index in [4.69, 9.17) is 4.42 Å². The van der Waals surface area contributed by atoms with Crippen LogP contribution in [-0.2, 0) is 6.42 Å². The molecule has 3 aromatic rings. The van der Waals surface area contributed by atoms with E-state index in [2.05, 4.69) is 49.2 Å². The molecule has 1 aromatic carbocycles. The molecule has 3 rings (SSSR count). The maximum Gasteiger partial charge on any atom is 0.134 e. The molecule has 0 unspecified atom stereocenters. The third-order valence-corrected chi connectivity index (χ3v) is 3.43. The fourth-order valence-corrected chi connectivity index (χ4v) is 2.58. The van der Waals surface area contributed by atoms with E-state index < -0.39 is 0 Å². The van der Waals surface area contributed by atoms with Crippen LogP contribution in [0.25, 0.3) is 22.1 Å². The molecule has 0 atom stereocenters. The Labute approximate surface area is 119 Å². The van der Waals surface area contributed by atoms with Crippen LogP contribution in [0.4, 0.5) is 0 Å². The molecule has 20 heavy (non-hydrogen) atoms. The minimum Gasteiger partial charge on any atom is -0.461 e.